The van der Waals surface area contributed by atoms with E-state index in [9.17, 15) is 4.79 Å². The fraction of sp³-hybridized carbons (Fsp3) is 0.0455. The maximum Gasteiger partial charge on any atom is 0.276 e. The second-order valence-electron chi connectivity index (χ2n) is 6.13. The first-order valence-electron chi connectivity index (χ1n) is 9.00. The first-order chi connectivity index (χ1) is 14.3. The molecule has 0 unspecified atom stereocenters. The number of rotatable bonds is 7. The Balaban J connectivity index is 1.32. The van der Waals surface area contributed by atoms with Gasteiger partial charge in [0.25, 0.3) is 5.91 Å². The van der Waals surface area contributed by atoms with Crippen LogP contribution in [0.1, 0.15) is 16.2 Å². The van der Waals surface area contributed by atoms with Crippen molar-refractivity contribution < 1.29 is 13.9 Å². The molecule has 4 rings (SSSR count). The molecule has 1 amide bonds. The first-order valence-corrected chi connectivity index (χ1v) is 9.00. The van der Waals surface area contributed by atoms with Crippen molar-refractivity contribution in [3.8, 4) is 11.5 Å². The van der Waals surface area contributed by atoms with Gasteiger partial charge in [0, 0.05) is 5.69 Å². The number of ether oxygens (including phenoxy) is 1. The number of furan rings is 1. The van der Waals surface area contributed by atoms with E-state index in [-0.39, 0.29) is 11.6 Å². The molecular formula is C22H18N4O3. The third-order valence-corrected chi connectivity index (χ3v) is 4.01. The van der Waals surface area contributed by atoms with Gasteiger partial charge in [-0.2, -0.15) is 0 Å². The van der Waals surface area contributed by atoms with Crippen molar-refractivity contribution in [2.24, 2.45) is 0 Å². The number of hydrogen-bond acceptors (Lipinski definition) is 6. The van der Waals surface area contributed by atoms with Crippen LogP contribution < -0.4 is 15.4 Å². The molecule has 0 bridgehead atoms. The molecule has 0 aliphatic rings. The van der Waals surface area contributed by atoms with Gasteiger partial charge >= 0.3 is 0 Å². The molecule has 29 heavy (non-hydrogen) atoms. The fourth-order valence-electron chi connectivity index (χ4n) is 2.56. The van der Waals surface area contributed by atoms with E-state index in [0.29, 0.717) is 23.8 Å². The molecule has 0 radical (unpaired) electrons. The quantitative estimate of drug-likeness (QED) is 0.477. The second kappa shape index (κ2) is 8.71. The summed E-state index contributed by atoms with van der Waals surface area (Å²) in [6.07, 6.45) is 1.61. The average Bonchev–Trinajstić information content (AvgIpc) is 3.28. The predicted molar refractivity (Wildman–Crippen MR) is 109 cm³/mol. The Bertz CT molecular complexity index is 1050. The van der Waals surface area contributed by atoms with Crippen LogP contribution in [0.3, 0.4) is 0 Å². The van der Waals surface area contributed by atoms with Gasteiger partial charge in [-0.1, -0.05) is 18.2 Å². The van der Waals surface area contributed by atoms with E-state index in [4.69, 9.17) is 9.15 Å². The number of carbonyl (C=O) groups excluding carboxylic acids is 1. The minimum absolute atomic E-state index is 0.221. The highest BCUT2D eigenvalue weighted by Crippen LogP contribution is 2.22. The molecule has 0 aliphatic heterocycles. The number of hydrogen-bond donors (Lipinski definition) is 2. The van der Waals surface area contributed by atoms with Crippen LogP contribution in [0.5, 0.6) is 11.5 Å². The van der Waals surface area contributed by atoms with Crippen LogP contribution in [0.2, 0.25) is 0 Å². The molecule has 0 fully saturated rings. The molecular weight excluding hydrogens is 368 g/mol. The Kier molecular flexibility index (Phi) is 5.48. The molecule has 0 aliphatic carbocycles. The minimum Gasteiger partial charge on any atom is -0.467 e. The summed E-state index contributed by atoms with van der Waals surface area (Å²) in [7, 11) is 0. The van der Waals surface area contributed by atoms with Gasteiger partial charge in [-0.05, 0) is 60.7 Å². The summed E-state index contributed by atoms with van der Waals surface area (Å²) in [4.78, 5) is 12.4. The number of aromatic nitrogens is 2. The monoisotopic (exact) mass is 386 g/mol. The lowest BCUT2D eigenvalue weighted by molar-refractivity contribution is 0.102. The van der Waals surface area contributed by atoms with Crippen molar-refractivity contribution in [1.82, 2.24) is 10.2 Å². The summed E-state index contributed by atoms with van der Waals surface area (Å²) in [5.74, 6) is 2.43. The lowest BCUT2D eigenvalue weighted by Gasteiger charge is -2.08. The largest absolute Gasteiger partial charge is 0.467 e. The van der Waals surface area contributed by atoms with Crippen LogP contribution in [0, 0.1) is 0 Å². The van der Waals surface area contributed by atoms with E-state index in [0.717, 1.165) is 11.5 Å². The standard InChI is InChI=1S/C22H18N4O3/c27-22(20-12-13-21(26-25-20)23-15-19-7-4-14-28-19)24-16-8-10-18(11-9-16)29-17-5-2-1-3-6-17/h1-14H,15H2,(H,23,26)(H,24,27). The molecule has 0 saturated carbocycles. The van der Waals surface area contributed by atoms with Crippen LogP contribution in [0.15, 0.2) is 89.5 Å². The highest BCUT2D eigenvalue weighted by atomic mass is 16.5. The van der Waals surface area contributed by atoms with Crippen LogP contribution in [0.4, 0.5) is 11.5 Å². The van der Waals surface area contributed by atoms with E-state index in [2.05, 4.69) is 20.8 Å². The van der Waals surface area contributed by atoms with Crippen LogP contribution in [-0.4, -0.2) is 16.1 Å². The Hall–Kier alpha value is -4.13. The summed E-state index contributed by atoms with van der Waals surface area (Å²) >= 11 is 0. The summed E-state index contributed by atoms with van der Waals surface area (Å²) in [6, 6.07) is 23.6. The van der Waals surface area contributed by atoms with Gasteiger partial charge in [0.2, 0.25) is 0 Å². The Morgan fingerprint density at radius 2 is 1.66 bits per heavy atom. The number of nitrogens with zero attached hydrogens (tertiary/aromatic N) is 2. The van der Waals surface area contributed by atoms with Gasteiger partial charge in [-0.15, -0.1) is 10.2 Å². The van der Waals surface area contributed by atoms with E-state index < -0.39 is 0 Å². The van der Waals surface area contributed by atoms with Crippen LogP contribution >= 0.6 is 0 Å². The molecule has 7 heteroatoms. The molecule has 0 atom stereocenters. The number of amides is 1. The molecule has 7 nitrogen and oxygen atoms in total. The molecule has 2 aromatic carbocycles. The van der Waals surface area contributed by atoms with Crippen molar-refractivity contribution in [2.75, 3.05) is 10.6 Å². The topological polar surface area (TPSA) is 89.3 Å². The number of anilines is 2. The summed E-state index contributed by atoms with van der Waals surface area (Å²) in [5.41, 5.74) is 0.857. The van der Waals surface area contributed by atoms with Crippen molar-refractivity contribution in [1.29, 1.82) is 0 Å². The predicted octanol–water partition coefficient (Wildman–Crippen LogP) is 4.73. The average molecular weight is 386 g/mol. The molecule has 2 N–H and O–H groups in total. The van der Waals surface area contributed by atoms with Crippen molar-refractivity contribution in [2.45, 2.75) is 6.54 Å². The van der Waals surface area contributed by atoms with Gasteiger partial charge in [-0.3, -0.25) is 4.79 Å². The van der Waals surface area contributed by atoms with E-state index in [1.807, 2.05) is 42.5 Å². The number of benzene rings is 2. The highest BCUT2D eigenvalue weighted by molar-refractivity contribution is 6.02. The van der Waals surface area contributed by atoms with Crippen LogP contribution in [-0.2, 0) is 6.54 Å². The summed E-state index contributed by atoms with van der Waals surface area (Å²) in [6.45, 7) is 0.491. The lowest BCUT2D eigenvalue weighted by Crippen LogP contribution is -2.14. The zero-order chi connectivity index (χ0) is 19.9. The van der Waals surface area contributed by atoms with Crippen molar-refractivity contribution >= 4 is 17.4 Å². The number of nitrogens with one attached hydrogen (secondary N) is 2. The Labute approximate surface area is 167 Å². The van der Waals surface area contributed by atoms with Crippen molar-refractivity contribution in [3.05, 3.63) is 96.6 Å². The summed E-state index contributed by atoms with van der Waals surface area (Å²) < 4.78 is 11.0. The molecule has 2 aromatic heterocycles. The number of para-hydroxylation sites is 1. The normalized spacial score (nSPS) is 10.3. The summed E-state index contributed by atoms with van der Waals surface area (Å²) in [5, 5.41) is 13.9. The lowest BCUT2D eigenvalue weighted by atomic mass is 10.2. The molecule has 144 valence electrons. The maximum atomic E-state index is 12.4. The third kappa shape index (κ3) is 4.98. The maximum absolute atomic E-state index is 12.4. The molecule has 4 aromatic rings. The van der Waals surface area contributed by atoms with Gasteiger partial charge in [-0.25, -0.2) is 0 Å². The second-order valence-corrected chi connectivity index (χ2v) is 6.13. The van der Waals surface area contributed by atoms with E-state index >= 15 is 0 Å². The van der Waals surface area contributed by atoms with Gasteiger partial charge in [0.05, 0.1) is 12.8 Å². The minimum atomic E-state index is -0.341. The molecule has 2 heterocycles. The smallest absolute Gasteiger partial charge is 0.276 e. The SMILES string of the molecule is O=C(Nc1ccc(Oc2ccccc2)cc1)c1ccc(NCc2ccco2)nn1. The van der Waals surface area contributed by atoms with Crippen molar-refractivity contribution in [3.63, 3.8) is 0 Å². The zero-order valence-corrected chi connectivity index (χ0v) is 15.4. The molecule has 0 spiro atoms. The Morgan fingerprint density at radius 3 is 2.34 bits per heavy atom. The third-order valence-electron chi connectivity index (χ3n) is 4.01. The van der Waals surface area contributed by atoms with Gasteiger partial charge in [0.1, 0.15) is 23.1 Å². The van der Waals surface area contributed by atoms with E-state index in [1.54, 1.807) is 42.7 Å². The fourth-order valence-corrected chi connectivity index (χ4v) is 2.56. The van der Waals surface area contributed by atoms with Crippen LogP contribution in [0.25, 0.3) is 0 Å². The Morgan fingerprint density at radius 1 is 0.862 bits per heavy atom. The van der Waals surface area contributed by atoms with E-state index in [1.165, 1.54) is 0 Å². The molecule has 0 saturated heterocycles. The highest BCUT2D eigenvalue weighted by Gasteiger charge is 2.09. The number of carbonyl (C=O) groups is 1. The first kappa shape index (κ1) is 18.2. The van der Waals surface area contributed by atoms with Gasteiger partial charge < -0.3 is 19.8 Å². The van der Waals surface area contributed by atoms with Gasteiger partial charge in [0.15, 0.2) is 5.69 Å². The zero-order valence-electron chi connectivity index (χ0n) is 15.4.